The summed E-state index contributed by atoms with van der Waals surface area (Å²) in [4.78, 5) is 0. The van der Waals surface area contributed by atoms with Crippen molar-refractivity contribution in [3.63, 3.8) is 0 Å². The lowest BCUT2D eigenvalue weighted by molar-refractivity contribution is 0.00839. The zero-order chi connectivity index (χ0) is 6.97. The Kier molecular flexibility index (Phi) is 1.24. The van der Waals surface area contributed by atoms with Gasteiger partial charge in [0.15, 0.2) is 0 Å². The van der Waals surface area contributed by atoms with E-state index in [-0.39, 0.29) is 0 Å². The summed E-state index contributed by atoms with van der Waals surface area (Å²) in [5.74, 6) is 0.605. The Morgan fingerprint density at radius 1 is 1.70 bits per heavy atom. The highest BCUT2D eigenvalue weighted by Crippen LogP contribution is 2.22. The third-order valence-electron chi connectivity index (χ3n) is 1.83. The van der Waals surface area contributed by atoms with Gasteiger partial charge in [-0.3, -0.25) is 4.68 Å². The minimum Gasteiger partial charge on any atom is -0.380 e. The largest absolute Gasteiger partial charge is 0.380 e. The maximum absolute atomic E-state index is 5.06. The molecule has 1 aromatic heterocycles. The molecule has 2 rings (SSSR count). The fourth-order valence-electron chi connectivity index (χ4n) is 1.08. The average Bonchev–Trinajstić information content (AvgIpc) is 2.10. The third kappa shape index (κ3) is 0.827. The van der Waals surface area contributed by atoms with Crippen molar-refractivity contribution in [2.24, 2.45) is 7.05 Å². The van der Waals surface area contributed by atoms with Crippen molar-refractivity contribution in [2.75, 3.05) is 13.2 Å². The van der Waals surface area contributed by atoms with Crippen LogP contribution in [-0.4, -0.2) is 23.0 Å². The van der Waals surface area contributed by atoms with Crippen molar-refractivity contribution in [3.8, 4) is 0 Å². The number of aromatic nitrogens is 2. The molecule has 1 fully saturated rings. The van der Waals surface area contributed by atoms with Crippen LogP contribution in [0.3, 0.4) is 0 Å². The SMILES string of the molecule is Cn1cc(C2COC2)cn1. The van der Waals surface area contributed by atoms with E-state index in [1.807, 2.05) is 24.1 Å². The summed E-state index contributed by atoms with van der Waals surface area (Å²) < 4.78 is 6.89. The normalized spacial score (nSPS) is 18.9. The minimum atomic E-state index is 0.605. The summed E-state index contributed by atoms with van der Waals surface area (Å²) in [6.07, 6.45) is 3.96. The van der Waals surface area contributed by atoms with Crippen LogP contribution in [0.2, 0.25) is 0 Å². The van der Waals surface area contributed by atoms with E-state index >= 15 is 0 Å². The molecule has 2 heterocycles. The van der Waals surface area contributed by atoms with E-state index in [0.29, 0.717) is 5.92 Å². The number of rotatable bonds is 1. The Bertz CT molecular complexity index is 227. The molecule has 0 aromatic carbocycles. The second-order valence-corrected chi connectivity index (χ2v) is 2.68. The predicted octanol–water partition coefficient (Wildman–Crippen LogP) is 0.534. The van der Waals surface area contributed by atoms with Gasteiger partial charge in [-0.25, -0.2) is 0 Å². The molecule has 0 radical (unpaired) electrons. The molecular weight excluding hydrogens is 128 g/mol. The molecule has 0 saturated carbocycles. The smallest absolute Gasteiger partial charge is 0.0558 e. The van der Waals surface area contributed by atoms with E-state index in [1.54, 1.807) is 0 Å². The summed E-state index contributed by atoms with van der Waals surface area (Å²) in [5.41, 5.74) is 1.30. The summed E-state index contributed by atoms with van der Waals surface area (Å²) >= 11 is 0. The van der Waals surface area contributed by atoms with Crippen LogP contribution >= 0.6 is 0 Å². The maximum atomic E-state index is 5.06. The molecule has 1 aliphatic rings. The van der Waals surface area contributed by atoms with Crippen molar-refractivity contribution in [2.45, 2.75) is 5.92 Å². The number of ether oxygens (including phenoxy) is 1. The quantitative estimate of drug-likeness (QED) is 0.566. The van der Waals surface area contributed by atoms with Crippen molar-refractivity contribution >= 4 is 0 Å². The van der Waals surface area contributed by atoms with Gasteiger partial charge < -0.3 is 4.74 Å². The topological polar surface area (TPSA) is 27.1 Å². The first-order valence-corrected chi connectivity index (χ1v) is 3.42. The molecule has 0 bridgehead atoms. The van der Waals surface area contributed by atoms with Crippen LogP contribution in [0, 0.1) is 0 Å². The van der Waals surface area contributed by atoms with Gasteiger partial charge in [0.05, 0.1) is 19.4 Å². The number of nitrogens with zero attached hydrogens (tertiary/aromatic N) is 2. The second-order valence-electron chi connectivity index (χ2n) is 2.68. The molecule has 0 spiro atoms. The van der Waals surface area contributed by atoms with Gasteiger partial charge in [0, 0.05) is 19.2 Å². The van der Waals surface area contributed by atoms with Crippen molar-refractivity contribution in [3.05, 3.63) is 18.0 Å². The molecule has 10 heavy (non-hydrogen) atoms. The van der Waals surface area contributed by atoms with E-state index in [9.17, 15) is 0 Å². The molecule has 0 amide bonds. The van der Waals surface area contributed by atoms with Gasteiger partial charge >= 0.3 is 0 Å². The highest BCUT2D eigenvalue weighted by molar-refractivity contribution is 5.13. The Balaban J connectivity index is 2.17. The Labute approximate surface area is 59.6 Å². The fraction of sp³-hybridized carbons (Fsp3) is 0.571. The van der Waals surface area contributed by atoms with Crippen molar-refractivity contribution < 1.29 is 4.74 Å². The lowest BCUT2D eigenvalue weighted by atomic mass is 10.0. The molecule has 0 atom stereocenters. The van der Waals surface area contributed by atoms with E-state index in [2.05, 4.69) is 5.10 Å². The van der Waals surface area contributed by atoms with Gasteiger partial charge in [0.2, 0.25) is 0 Å². The van der Waals surface area contributed by atoms with Gasteiger partial charge in [-0.2, -0.15) is 5.10 Å². The minimum absolute atomic E-state index is 0.605. The van der Waals surface area contributed by atoms with E-state index in [0.717, 1.165) is 13.2 Å². The molecular formula is C7H10N2O. The van der Waals surface area contributed by atoms with Crippen LogP contribution in [-0.2, 0) is 11.8 Å². The van der Waals surface area contributed by atoms with Gasteiger partial charge in [0.1, 0.15) is 0 Å². The second kappa shape index (κ2) is 2.09. The highest BCUT2D eigenvalue weighted by atomic mass is 16.5. The van der Waals surface area contributed by atoms with Crippen LogP contribution in [0.15, 0.2) is 12.4 Å². The molecule has 0 unspecified atom stereocenters. The van der Waals surface area contributed by atoms with Gasteiger partial charge in [-0.05, 0) is 5.56 Å². The molecule has 1 aliphatic heterocycles. The Morgan fingerprint density at radius 2 is 2.50 bits per heavy atom. The van der Waals surface area contributed by atoms with Gasteiger partial charge in [-0.15, -0.1) is 0 Å². The number of hydrogen-bond acceptors (Lipinski definition) is 2. The zero-order valence-electron chi connectivity index (χ0n) is 5.95. The molecule has 1 aromatic rings. The first-order valence-electron chi connectivity index (χ1n) is 3.42. The lowest BCUT2D eigenvalue weighted by Gasteiger charge is -2.24. The van der Waals surface area contributed by atoms with Crippen LogP contribution in [0.25, 0.3) is 0 Å². The molecule has 1 saturated heterocycles. The first kappa shape index (κ1) is 5.92. The van der Waals surface area contributed by atoms with E-state index in [1.165, 1.54) is 5.56 Å². The van der Waals surface area contributed by atoms with E-state index in [4.69, 9.17) is 4.74 Å². The standard InChI is InChI=1S/C7H10N2O/c1-9-3-6(2-8-9)7-4-10-5-7/h2-3,7H,4-5H2,1H3. The summed E-state index contributed by atoms with van der Waals surface area (Å²) in [6, 6.07) is 0. The van der Waals surface area contributed by atoms with Crippen molar-refractivity contribution in [1.29, 1.82) is 0 Å². The summed E-state index contributed by atoms with van der Waals surface area (Å²) in [7, 11) is 1.93. The van der Waals surface area contributed by atoms with Crippen LogP contribution < -0.4 is 0 Å². The third-order valence-corrected chi connectivity index (χ3v) is 1.83. The highest BCUT2D eigenvalue weighted by Gasteiger charge is 2.21. The Hall–Kier alpha value is -0.830. The summed E-state index contributed by atoms with van der Waals surface area (Å²) in [6.45, 7) is 1.73. The summed E-state index contributed by atoms with van der Waals surface area (Å²) in [5, 5.41) is 4.08. The number of aryl methyl sites for hydroxylation is 1. The predicted molar refractivity (Wildman–Crippen MR) is 36.8 cm³/mol. The molecule has 54 valence electrons. The van der Waals surface area contributed by atoms with E-state index < -0.39 is 0 Å². The molecule has 3 nitrogen and oxygen atoms in total. The molecule has 0 aliphatic carbocycles. The fourth-order valence-corrected chi connectivity index (χ4v) is 1.08. The van der Waals surface area contributed by atoms with Crippen LogP contribution in [0.4, 0.5) is 0 Å². The molecule has 3 heteroatoms. The van der Waals surface area contributed by atoms with Crippen LogP contribution in [0.1, 0.15) is 11.5 Å². The average molecular weight is 138 g/mol. The monoisotopic (exact) mass is 138 g/mol. The van der Waals surface area contributed by atoms with Crippen molar-refractivity contribution in [1.82, 2.24) is 9.78 Å². The van der Waals surface area contributed by atoms with Crippen LogP contribution in [0.5, 0.6) is 0 Å². The number of hydrogen-bond donors (Lipinski definition) is 0. The zero-order valence-corrected chi connectivity index (χ0v) is 5.95. The van der Waals surface area contributed by atoms with Gasteiger partial charge in [-0.1, -0.05) is 0 Å². The first-order chi connectivity index (χ1) is 4.86. The molecule has 0 N–H and O–H groups in total. The van der Waals surface area contributed by atoms with Gasteiger partial charge in [0.25, 0.3) is 0 Å². The lowest BCUT2D eigenvalue weighted by Crippen LogP contribution is -2.24. The maximum Gasteiger partial charge on any atom is 0.0558 e. The Morgan fingerprint density at radius 3 is 2.90 bits per heavy atom.